The van der Waals surface area contributed by atoms with Crippen LogP contribution in [0.2, 0.25) is 0 Å². The fourth-order valence-electron chi connectivity index (χ4n) is 2.51. The van der Waals surface area contributed by atoms with Gasteiger partial charge in [0.15, 0.2) is 5.76 Å². The van der Waals surface area contributed by atoms with Gasteiger partial charge in [-0.3, -0.25) is 4.79 Å². The maximum atomic E-state index is 12.6. The van der Waals surface area contributed by atoms with E-state index in [-0.39, 0.29) is 12.5 Å². The lowest BCUT2D eigenvalue weighted by molar-refractivity contribution is 0.0688. The van der Waals surface area contributed by atoms with Crippen LogP contribution in [0.25, 0.3) is 11.0 Å². The van der Waals surface area contributed by atoms with Crippen LogP contribution in [-0.4, -0.2) is 35.6 Å². The van der Waals surface area contributed by atoms with Gasteiger partial charge in [0, 0.05) is 24.0 Å². The summed E-state index contributed by atoms with van der Waals surface area (Å²) in [5.41, 5.74) is 1.60. The van der Waals surface area contributed by atoms with Crippen LogP contribution in [0.15, 0.2) is 28.7 Å². The lowest BCUT2D eigenvalue weighted by Gasteiger charge is -2.20. The van der Waals surface area contributed by atoms with Gasteiger partial charge >= 0.3 is 0 Å². The number of aryl methyl sites for hydroxylation is 1. The first-order chi connectivity index (χ1) is 10.2. The van der Waals surface area contributed by atoms with Crippen LogP contribution in [0, 0.1) is 6.92 Å². The third-order valence-electron chi connectivity index (χ3n) is 3.73. The Hall–Kier alpha value is -1.81. The number of unbranched alkanes of at least 4 members (excludes halogenated alkanes) is 2. The topological polar surface area (TPSA) is 53.7 Å². The van der Waals surface area contributed by atoms with E-state index >= 15 is 0 Å². The van der Waals surface area contributed by atoms with Gasteiger partial charge < -0.3 is 14.4 Å². The van der Waals surface area contributed by atoms with Crippen LogP contribution in [0.3, 0.4) is 0 Å². The monoisotopic (exact) mass is 289 g/mol. The maximum absolute atomic E-state index is 12.6. The Morgan fingerprint density at radius 1 is 1.24 bits per heavy atom. The minimum atomic E-state index is -0.131. The highest BCUT2D eigenvalue weighted by Gasteiger charge is 2.22. The summed E-state index contributed by atoms with van der Waals surface area (Å²) in [6.45, 7) is 5.00. The molecule has 0 spiro atoms. The summed E-state index contributed by atoms with van der Waals surface area (Å²) in [5.74, 6) is 0.259. The molecular formula is C17H23NO3. The van der Waals surface area contributed by atoms with Crippen molar-refractivity contribution in [2.24, 2.45) is 0 Å². The van der Waals surface area contributed by atoms with Gasteiger partial charge in [-0.2, -0.15) is 0 Å². The van der Waals surface area contributed by atoms with Crippen molar-refractivity contribution in [3.8, 4) is 0 Å². The molecule has 0 bridgehead atoms. The third-order valence-corrected chi connectivity index (χ3v) is 3.73. The molecule has 2 rings (SSSR count). The number of hydrogen-bond donors (Lipinski definition) is 1. The van der Waals surface area contributed by atoms with Crippen LogP contribution >= 0.6 is 0 Å². The first-order valence-corrected chi connectivity index (χ1v) is 7.57. The number of aliphatic hydroxyl groups is 1. The van der Waals surface area contributed by atoms with Gasteiger partial charge in [0.05, 0.1) is 6.61 Å². The number of furan rings is 1. The molecule has 1 amide bonds. The van der Waals surface area contributed by atoms with Crippen molar-refractivity contribution in [3.05, 3.63) is 35.6 Å². The highest BCUT2D eigenvalue weighted by Crippen LogP contribution is 2.26. The zero-order valence-corrected chi connectivity index (χ0v) is 12.8. The first kappa shape index (κ1) is 15.6. The molecule has 0 aliphatic carbocycles. The molecule has 4 nitrogen and oxygen atoms in total. The Bertz CT molecular complexity index is 603. The standard InChI is InChI=1S/C17H23NO3/c1-3-4-7-10-18(11-12-19)17(20)16-13(2)14-8-5-6-9-15(14)21-16/h5-6,8-9,19H,3-4,7,10-12H2,1-2H3. The zero-order chi connectivity index (χ0) is 15.2. The molecule has 1 aromatic heterocycles. The number of hydrogen-bond acceptors (Lipinski definition) is 3. The van der Waals surface area contributed by atoms with Gasteiger partial charge in [0.2, 0.25) is 0 Å². The third kappa shape index (κ3) is 3.45. The molecule has 0 unspecified atom stereocenters. The second-order valence-corrected chi connectivity index (χ2v) is 5.28. The lowest BCUT2D eigenvalue weighted by atomic mass is 10.1. The molecular weight excluding hydrogens is 266 g/mol. The van der Waals surface area contributed by atoms with Crippen molar-refractivity contribution in [2.45, 2.75) is 33.1 Å². The molecule has 114 valence electrons. The molecule has 0 atom stereocenters. The quantitative estimate of drug-likeness (QED) is 0.795. The van der Waals surface area contributed by atoms with E-state index in [2.05, 4.69) is 6.92 Å². The zero-order valence-electron chi connectivity index (χ0n) is 12.8. The summed E-state index contributed by atoms with van der Waals surface area (Å²) in [6.07, 6.45) is 3.13. The van der Waals surface area contributed by atoms with Crippen molar-refractivity contribution in [1.29, 1.82) is 0 Å². The summed E-state index contributed by atoms with van der Waals surface area (Å²) < 4.78 is 5.72. The number of para-hydroxylation sites is 1. The molecule has 0 fully saturated rings. The molecule has 0 saturated heterocycles. The molecule has 1 aromatic carbocycles. The highest BCUT2D eigenvalue weighted by molar-refractivity contribution is 5.98. The van der Waals surface area contributed by atoms with Crippen molar-refractivity contribution < 1.29 is 14.3 Å². The van der Waals surface area contributed by atoms with E-state index in [4.69, 9.17) is 4.42 Å². The summed E-state index contributed by atoms with van der Waals surface area (Å²) >= 11 is 0. The van der Waals surface area contributed by atoms with E-state index in [1.54, 1.807) is 4.90 Å². The summed E-state index contributed by atoms with van der Waals surface area (Å²) in [6, 6.07) is 7.66. The number of carbonyl (C=O) groups is 1. The smallest absolute Gasteiger partial charge is 0.289 e. The largest absolute Gasteiger partial charge is 0.451 e. The minimum Gasteiger partial charge on any atom is -0.451 e. The van der Waals surface area contributed by atoms with Gasteiger partial charge in [-0.05, 0) is 19.4 Å². The van der Waals surface area contributed by atoms with Crippen molar-refractivity contribution in [2.75, 3.05) is 19.7 Å². The van der Waals surface area contributed by atoms with E-state index in [1.165, 1.54) is 0 Å². The molecule has 0 aliphatic rings. The predicted molar refractivity (Wildman–Crippen MR) is 83.5 cm³/mol. The number of fused-ring (bicyclic) bond motifs is 1. The summed E-state index contributed by atoms with van der Waals surface area (Å²) in [4.78, 5) is 14.3. The Balaban J connectivity index is 2.23. The minimum absolute atomic E-state index is 0.0306. The van der Waals surface area contributed by atoms with Gasteiger partial charge in [-0.1, -0.05) is 38.0 Å². The molecule has 0 aliphatic heterocycles. The molecule has 1 heterocycles. The number of rotatable bonds is 7. The number of carbonyl (C=O) groups excluding carboxylic acids is 1. The number of aliphatic hydroxyl groups excluding tert-OH is 1. The molecule has 21 heavy (non-hydrogen) atoms. The second-order valence-electron chi connectivity index (χ2n) is 5.28. The van der Waals surface area contributed by atoms with E-state index in [0.29, 0.717) is 18.8 Å². The fraction of sp³-hybridized carbons (Fsp3) is 0.471. The second kappa shape index (κ2) is 7.27. The van der Waals surface area contributed by atoms with Gasteiger partial charge in [0.25, 0.3) is 5.91 Å². The average molecular weight is 289 g/mol. The Morgan fingerprint density at radius 3 is 2.67 bits per heavy atom. The Kier molecular flexibility index (Phi) is 5.39. The number of benzene rings is 1. The first-order valence-electron chi connectivity index (χ1n) is 7.57. The molecule has 4 heteroatoms. The number of nitrogens with zero attached hydrogens (tertiary/aromatic N) is 1. The van der Waals surface area contributed by atoms with Gasteiger partial charge in [-0.15, -0.1) is 0 Å². The van der Waals surface area contributed by atoms with Crippen LogP contribution in [0.5, 0.6) is 0 Å². The number of amides is 1. The fourth-order valence-corrected chi connectivity index (χ4v) is 2.51. The molecule has 2 aromatic rings. The average Bonchev–Trinajstić information content (AvgIpc) is 2.83. The normalized spacial score (nSPS) is 11.0. The van der Waals surface area contributed by atoms with E-state index in [0.717, 1.165) is 35.8 Å². The molecule has 1 N–H and O–H groups in total. The van der Waals surface area contributed by atoms with E-state index in [1.807, 2.05) is 31.2 Å². The van der Waals surface area contributed by atoms with Crippen LogP contribution in [0.4, 0.5) is 0 Å². The van der Waals surface area contributed by atoms with Gasteiger partial charge in [-0.25, -0.2) is 0 Å². The summed E-state index contributed by atoms with van der Waals surface area (Å²) in [5, 5.41) is 10.1. The Morgan fingerprint density at radius 2 is 2.00 bits per heavy atom. The van der Waals surface area contributed by atoms with E-state index < -0.39 is 0 Å². The molecule has 0 saturated carbocycles. The van der Waals surface area contributed by atoms with Crippen molar-refractivity contribution in [1.82, 2.24) is 4.90 Å². The van der Waals surface area contributed by atoms with Crippen LogP contribution < -0.4 is 0 Å². The Labute approximate surface area is 125 Å². The lowest BCUT2D eigenvalue weighted by Crippen LogP contribution is -2.34. The van der Waals surface area contributed by atoms with Crippen LogP contribution in [-0.2, 0) is 0 Å². The van der Waals surface area contributed by atoms with Crippen LogP contribution in [0.1, 0.15) is 42.3 Å². The highest BCUT2D eigenvalue weighted by atomic mass is 16.3. The van der Waals surface area contributed by atoms with Crippen molar-refractivity contribution in [3.63, 3.8) is 0 Å². The molecule has 0 radical (unpaired) electrons. The predicted octanol–water partition coefficient (Wildman–Crippen LogP) is 3.37. The SMILES string of the molecule is CCCCCN(CCO)C(=O)c1oc2ccccc2c1C. The van der Waals surface area contributed by atoms with E-state index in [9.17, 15) is 9.90 Å². The van der Waals surface area contributed by atoms with Crippen molar-refractivity contribution >= 4 is 16.9 Å². The maximum Gasteiger partial charge on any atom is 0.289 e. The van der Waals surface area contributed by atoms with Gasteiger partial charge in [0.1, 0.15) is 5.58 Å². The summed E-state index contributed by atoms with van der Waals surface area (Å²) in [7, 11) is 0.